The van der Waals surface area contributed by atoms with Gasteiger partial charge < -0.3 is 5.32 Å². The van der Waals surface area contributed by atoms with Crippen LogP contribution >= 0.6 is 0 Å². The van der Waals surface area contributed by atoms with Crippen molar-refractivity contribution in [3.05, 3.63) is 0 Å². The monoisotopic (exact) mass is 198 g/mol. The summed E-state index contributed by atoms with van der Waals surface area (Å²) in [5.74, 6) is 0. The van der Waals surface area contributed by atoms with Gasteiger partial charge in [0.2, 0.25) is 0 Å². The minimum Gasteiger partial charge on any atom is -0.311 e. The van der Waals surface area contributed by atoms with Gasteiger partial charge in [-0.1, -0.05) is 0 Å². The van der Waals surface area contributed by atoms with Crippen molar-refractivity contribution < 1.29 is 0 Å². The average molecular weight is 198 g/mol. The Labute approximate surface area is 89.1 Å². The molecule has 0 bridgehead atoms. The number of rotatable bonds is 3. The minimum atomic E-state index is 0.255. The van der Waals surface area contributed by atoms with Crippen LogP contribution in [0.2, 0.25) is 0 Å². The molecule has 0 saturated carbocycles. The lowest BCUT2D eigenvalue weighted by molar-refractivity contribution is 0.191. The Hall–Kier alpha value is -0.0800. The average Bonchev–Trinajstić information content (AvgIpc) is 2.46. The Kier molecular flexibility index (Phi) is 3.96. The maximum Gasteiger partial charge on any atom is 0.0224 e. The third-order valence-electron chi connectivity index (χ3n) is 2.95. The van der Waals surface area contributed by atoms with Crippen LogP contribution in [0.5, 0.6) is 0 Å². The Bertz CT molecular complexity index is 170. The van der Waals surface area contributed by atoms with E-state index in [-0.39, 0.29) is 5.54 Å². The van der Waals surface area contributed by atoms with Gasteiger partial charge in [-0.3, -0.25) is 4.90 Å². The highest BCUT2D eigenvalue weighted by molar-refractivity contribution is 4.85. The van der Waals surface area contributed by atoms with E-state index in [4.69, 9.17) is 0 Å². The molecule has 1 heterocycles. The van der Waals surface area contributed by atoms with Gasteiger partial charge >= 0.3 is 0 Å². The highest BCUT2D eigenvalue weighted by atomic mass is 15.2. The van der Waals surface area contributed by atoms with Gasteiger partial charge in [-0.05, 0) is 54.0 Å². The minimum absolute atomic E-state index is 0.255. The van der Waals surface area contributed by atoms with Crippen LogP contribution in [-0.4, -0.2) is 35.6 Å². The Balaban J connectivity index is 2.36. The molecular formula is C12H26N2. The number of hydrogen-bond acceptors (Lipinski definition) is 2. The number of likely N-dealkylation sites (tertiary alicyclic amines) is 1. The highest BCUT2D eigenvalue weighted by Crippen LogP contribution is 2.19. The second-order valence-electron chi connectivity index (χ2n) is 5.76. The van der Waals surface area contributed by atoms with Crippen LogP contribution in [-0.2, 0) is 0 Å². The van der Waals surface area contributed by atoms with Gasteiger partial charge in [-0.25, -0.2) is 0 Å². The molecule has 1 N–H and O–H groups in total. The summed E-state index contributed by atoms with van der Waals surface area (Å²) in [7, 11) is 0. The molecule has 14 heavy (non-hydrogen) atoms. The molecule has 0 aliphatic carbocycles. The zero-order valence-electron chi connectivity index (χ0n) is 10.4. The van der Waals surface area contributed by atoms with Crippen LogP contribution in [0.4, 0.5) is 0 Å². The first-order chi connectivity index (χ1) is 6.40. The predicted octanol–water partition coefficient (Wildman–Crippen LogP) is 2.25. The summed E-state index contributed by atoms with van der Waals surface area (Å²) in [4.78, 5) is 2.62. The van der Waals surface area contributed by atoms with E-state index in [1.54, 1.807) is 0 Å². The summed E-state index contributed by atoms with van der Waals surface area (Å²) < 4.78 is 0. The quantitative estimate of drug-likeness (QED) is 0.748. The van der Waals surface area contributed by atoms with Crippen molar-refractivity contribution in [3.8, 4) is 0 Å². The lowest BCUT2D eigenvalue weighted by atomic mass is 10.1. The van der Waals surface area contributed by atoms with Gasteiger partial charge in [-0.2, -0.15) is 0 Å². The van der Waals surface area contributed by atoms with E-state index in [0.29, 0.717) is 6.04 Å². The second kappa shape index (κ2) is 4.63. The lowest BCUT2D eigenvalue weighted by Crippen LogP contribution is -2.47. The maximum absolute atomic E-state index is 3.61. The van der Waals surface area contributed by atoms with E-state index in [1.807, 2.05) is 0 Å². The van der Waals surface area contributed by atoms with Crippen molar-refractivity contribution in [2.24, 2.45) is 0 Å². The third-order valence-corrected chi connectivity index (χ3v) is 2.95. The zero-order chi connectivity index (χ0) is 10.8. The van der Waals surface area contributed by atoms with Crippen molar-refractivity contribution in [1.29, 1.82) is 0 Å². The third kappa shape index (κ3) is 3.58. The van der Waals surface area contributed by atoms with E-state index in [9.17, 15) is 0 Å². The standard InChI is InChI=1S/C12H26N2/c1-10(2)14-8-6-7-11(14)9-13-12(3,4)5/h10-11,13H,6-9H2,1-5H3. The van der Waals surface area contributed by atoms with E-state index in [0.717, 1.165) is 12.6 Å². The van der Waals surface area contributed by atoms with E-state index >= 15 is 0 Å². The van der Waals surface area contributed by atoms with Crippen LogP contribution < -0.4 is 5.32 Å². The van der Waals surface area contributed by atoms with E-state index in [1.165, 1.54) is 19.4 Å². The van der Waals surface area contributed by atoms with E-state index < -0.39 is 0 Å². The van der Waals surface area contributed by atoms with Crippen molar-refractivity contribution in [2.45, 2.75) is 65.1 Å². The van der Waals surface area contributed by atoms with Crippen molar-refractivity contribution in [1.82, 2.24) is 10.2 Å². The molecule has 1 aliphatic heterocycles. The first-order valence-corrected chi connectivity index (χ1v) is 5.91. The first-order valence-electron chi connectivity index (χ1n) is 5.91. The highest BCUT2D eigenvalue weighted by Gasteiger charge is 2.26. The van der Waals surface area contributed by atoms with Gasteiger partial charge in [0.05, 0.1) is 0 Å². The SMILES string of the molecule is CC(C)N1CCCC1CNC(C)(C)C. The van der Waals surface area contributed by atoms with Gasteiger partial charge in [0.25, 0.3) is 0 Å². The van der Waals surface area contributed by atoms with Crippen molar-refractivity contribution >= 4 is 0 Å². The van der Waals surface area contributed by atoms with Crippen molar-refractivity contribution in [3.63, 3.8) is 0 Å². The Morgan fingerprint density at radius 1 is 1.36 bits per heavy atom. The topological polar surface area (TPSA) is 15.3 Å². The maximum atomic E-state index is 3.61. The molecule has 0 spiro atoms. The van der Waals surface area contributed by atoms with Crippen LogP contribution in [0.3, 0.4) is 0 Å². The van der Waals surface area contributed by atoms with Gasteiger partial charge in [0, 0.05) is 24.2 Å². The molecule has 2 nitrogen and oxygen atoms in total. The summed E-state index contributed by atoms with van der Waals surface area (Å²) in [6, 6.07) is 1.46. The molecule has 1 unspecified atom stereocenters. The summed E-state index contributed by atoms with van der Waals surface area (Å²) >= 11 is 0. The van der Waals surface area contributed by atoms with Crippen molar-refractivity contribution in [2.75, 3.05) is 13.1 Å². The molecule has 1 saturated heterocycles. The predicted molar refractivity (Wildman–Crippen MR) is 62.6 cm³/mol. The fraction of sp³-hybridized carbons (Fsp3) is 1.00. The Morgan fingerprint density at radius 2 is 2.00 bits per heavy atom. The fourth-order valence-corrected chi connectivity index (χ4v) is 2.18. The molecule has 0 radical (unpaired) electrons. The molecule has 0 aromatic heterocycles. The largest absolute Gasteiger partial charge is 0.311 e. The van der Waals surface area contributed by atoms with Gasteiger partial charge in [-0.15, -0.1) is 0 Å². The molecule has 1 rings (SSSR count). The molecule has 1 fully saturated rings. The van der Waals surface area contributed by atoms with Crippen LogP contribution in [0.1, 0.15) is 47.5 Å². The molecule has 1 aliphatic rings. The molecule has 0 aromatic carbocycles. The number of hydrogen-bond donors (Lipinski definition) is 1. The fourth-order valence-electron chi connectivity index (χ4n) is 2.18. The first kappa shape index (κ1) is 12.0. The van der Waals surface area contributed by atoms with Gasteiger partial charge in [0.15, 0.2) is 0 Å². The van der Waals surface area contributed by atoms with Gasteiger partial charge in [0.1, 0.15) is 0 Å². The molecule has 84 valence electrons. The van der Waals surface area contributed by atoms with Crippen LogP contribution in [0.15, 0.2) is 0 Å². The number of nitrogens with one attached hydrogen (secondary N) is 1. The molecular weight excluding hydrogens is 172 g/mol. The number of nitrogens with zero attached hydrogens (tertiary/aromatic N) is 1. The van der Waals surface area contributed by atoms with Crippen LogP contribution in [0, 0.1) is 0 Å². The molecule has 1 atom stereocenters. The van der Waals surface area contributed by atoms with E-state index in [2.05, 4.69) is 44.8 Å². The van der Waals surface area contributed by atoms with Crippen LogP contribution in [0.25, 0.3) is 0 Å². The summed E-state index contributed by atoms with van der Waals surface area (Å²) in [6.07, 6.45) is 2.73. The lowest BCUT2D eigenvalue weighted by Gasteiger charge is -2.31. The smallest absolute Gasteiger partial charge is 0.0224 e. The zero-order valence-corrected chi connectivity index (χ0v) is 10.4. The summed E-state index contributed by atoms with van der Waals surface area (Å²) in [6.45, 7) is 13.7. The normalized spacial score (nSPS) is 24.9. The molecule has 0 aromatic rings. The molecule has 2 heteroatoms. The second-order valence-corrected chi connectivity index (χ2v) is 5.76. The molecule has 0 amide bonds. The Morgan fingerprint density at radius 3 is 2.50 bits per heavy atom. The summed E-state index contributed by atoms with van der Waals surface area (Å²) in [5.41, 5.74) is 0.255. The summed E-state index contributed by atoms with van der Waals surface area (Å²) in [5, 5.41) is 3.61.